The van der Waals surface area contributed by atoms with Gasteiger partial charge in [0.15, 0.2) is 0 Å². The highest BCUT2D eigenvalue weighted by Gasteiger charge is 2.37. The molecule has 1 saturated heterocycles. The molecule has 0 amide bonds. The SMILES string of the molecule is Cc1ncc(C2(O)CCCN(Cc3ccccc3)C2)n1C. The van der Waals surface area contributed by atoms with Gasteiger partial charge >= 0.3 is 0 Å². The molecule has 4 nitrogen and oxygen atoms in total. The average Bonchev–Trinajstić information content (AvgIpc) is 2.81. The lowest BCUT2D eigenvalue weighted by Crippen LogP contribution is -2.46. The minimum Gasteiger partial charge on any atom is -0.382 e. The largest absolute Gasteiger partial charge is 0.382 e. The van der Waals surface area contributed by atoms with E-state index in [1.807, 2.05) is 30.8 Å². The lowest BCUT2D eigenvalue weighted by atomic mass is 9.89. The van der Waals surface area contributed by atoms with E-state index in [1.54, 1.807) is 0 Å². The Bertz CT molecular complexity index is 608. The number of piperidine rings is 1. The molecule has 0 bridgehead atoms. The Hall–Kier alpha value is -1.65. The van der Waals surface area contributed by atoms with Crippen LogP contribution < -0.4 is 0 Å². The molecule has 21 heavy (non-hydrogen) atoms. The molecule has 2 heterocycles. The van der Waals surface area contributed by atoms with Gasteiger partial charge in [0.2, 0.25) is 0 Å². The zero-order valence-corrected chi connectivity index (χ0v) is 12.8. The van der Waals surface area contributed by atoms with Gasteiger partial charge in [0.1, 0.15) is 11.4 Å². The number of aryl methyl sites for hydroxylation is 1. The van der Waals surface area contributed by atoms with Gasteiger partial charge in [0, 0.05) is 20.1 Å². The number of rotatable bonds is 3. The molecule has 0 spiro atoms. The Balaban J connectivity index is 1.77. The van der Waals surface area contributed by atoms with E-state index in [0.29, 0.717) is 6.54 Å². The Morgan fingerprint density at radius 1 is 1.29 bits per heavy atom. The third-order valence-electron chi connectivity index (χ3n) is 4.50. The molecule has 1 fully saturated rings. The zero-order valence-electron chi connectivity index (χ0n) is 12.8. The average molecular weight is 285 g/mol. The topological polar surface area (TPSA) is 41.3 Å². The van der Waals surface area contributed by atoms with Crippen molar-refractivity contribution < 1.29 is 5.11 Å². The second kappa shape index (κ2) is 5.62. The molecular formula is C17H23N3O. The number of aromatic nitrogens is 2. The Kier molecular flexibility index (Phi) is 3.83. The third-order valence-corrected chi connectivity index (χ3v) is 4.50. The van der Waals surface area contributed by atoms with Crippen molar-refractivity contribution in [3.8, 4) is 0 Å². The molecule has 1 unspecified atom stereocenters. The highest BCUT2D eigenvalue weighted by atomic mass is 16.3. The van der Waals surface area contributed by atoms with Crippen LogP contribution in [0.25, 0.3) is 0 Å². The molecule has 0 aliphatic carbocycles. The summed E-state index contributed by atoms with van der Waals surface area (Å²) in [4.78, 5) is 6.66. The van der Waals surface area contributed by atoms with Crippen molar-refractivity contribution in [1.82, 2.24) is 14.5 Å². The number of likely N-dealkylation sites (tertiary alicyclic amines) is 1. The van der Waals surface area contributed by atoms with Crippen molar-refractivity contribution in [2.75, 3.05) is 13.1 Å². The van der Waals surface area contributed by atoms with Gasteiger partial charge in [-0.1, -0.05) is 30.3 Å². The highest BCUT2D eigenvalue weighted by molar-refractivity contribution is 5.17. The van der Waals surface area contributed by atoms with Crippen molar-refractivity contribution in [3.63, 3.8) is 0 Å². The molecule has 1 N–H and O–H groups in total. The smallest absolute Gasteiger partial charge is 0.119 e. The van der Waals surface area contributed by atoms with E-state index in [0.717, 1.165) is 37.4 Å². The molecule has 1 aliphatic heterocycles. The summed E-state index contributed by atoms with van der Waals surface area (Å²) in [5, 5.41) is 11.1. The summed E-state index contributed by atoms with van der Waals surface area (Å²) in [6, 6.07) is 10.4. The second-order valence-electron chi connectivity index (χ2n) is 6.08. The van der Waals surface area contributed by atoms with Crippen LogP contribution in [0.4, 0.5) is 0 Å². The fourth-order valence-electron chi connectivity index (χ4n) is 3.24. The molecule has 1 aromatic carbocycles. The predicted molar refractivity (Wildman–Crippen MR) is 82.8 cm³/mol. The molecule has 2 aromatic rings. The number of hydrogen-bond acceptors (Lipinski definition) is 3. The second-order valence-corrected chi connectivity index (χ2v) is 6.08. The van der Waals surface area contributed by atoms with Crippen molar-refractivity contribution in [2.45, 2.75) is 31.9 Å². The summed E-state index contributed by atoms with van der Waals surface area (Å²) in [6.45, 7) is 4.56. The van der Waals surface area contributed by atoms with Gasteiger partial charge in [0.25, 0.3) is 0 Å². The van der Waals surface area contributed by atoms with Gasteiger partial charge in [-0.2, -0.15) is 0 Å². The van der Waals surface area contributed by atoms with Crippen LogP contribution in [-0.2, 0) is 19.2 Å². The first-order chi connectivity index (χ1) is 10.1. The van der Waals surface area contributed by atoms with E-state index in [9.17, 15) is 5.11 Å². The molecule has 3 rings (SSSR count). The van der Waals surface area contributed by atoms with E-state index >= 15 is 0 Å². The van der Waals surface area contributed by atoms with Gasteiger partial charge in [0.05, 0.1) is 11.9 Å². The summed E-state index contributed by atoms with van der Waals surface area (Å²) in [5.74, 6) is 0.943. The maximum Gasteiger partial charge on any atom is 0.119 e. The summed E-state index contributed by atoms with van der Waals surface area (Å²) >= 11 is 0. The first-order valence-corrected chi connectivity index (χ1v) is 7.56. The third kappa shape index (κ3) is 2.87. The molecule has 0 saturated carbocycles. The monoisotopic (exact) mass is 285 g/mol. The number of hydrogen-bond donors (Lipinski definition) is 1. The van der Waals surface area contributed by atoms with Crippen LogP contribution in [0, 0.1) is 6.92 Å². The summed E-state index contributed by atoms with van der Waals surface area (Å²) < 4.78 is 2.01. The van der Waals surface area contributed by atoms with Crippen molar-refractivity contribution in [3.05, 3.63) is 53.6 Å². The molecule has 112 valence electrons. The highest BCUT2D eigenvalue weighted by Crippen LogP contribution is 2.32. The van der Waals surface area contributed by atoms with E-state index < -0.39 is 5.60 Å². The summed E-state index contributed by atoms with van der Waals surface area (Å²) in [6.07, 6.45) is 3.63. The van der Waals surface area contributed by atoms with Crippen molar-refractivity contribution in [1.29, 1.82) is 0 Å². The van der Waals surface area contributed by atoms with Crippen molar-refractivity contribution >= 4 is 0 Å². The van der Waals surface area contributed by atoms with E-state index in [-0.39, 0.29) is 0 Å². The minimum absolute atomic E-state index is 0.668. The van der Waals surface area contributed by atoms with Crippen LogP contribution in [-0.4, -0.2) is 32.6 Å². The lowest BCUT2D eigenvalue weighted by molar-refractivity contribution is -0.0433. The lowest BCUT2D eigenvalue weighted by Gasteiger charge is -2.39. The number of nitrogens with zero attached hydrogens (tertiary/aromatic N) is 3. The summed E-state index contributed by atoms with van der Waals surface area (Å²) in [5.41, 5.74) is 1.43. The van der Waals surface area contributed by atoms with Crippen LogP contribution in [0.3, 0.4) is 0 Å². The number of β-amino-alcohol motifs (C(OH)–C–C–N with tert-alkyl or cyclic N) is 1. The zero-order chi connectivity index (χ0) is 14.9. The van der Waals surface area contributed by atoms with Crippen LogP contribution in [0.1, 0.15) is 29.9 Å². The first-order valence-electron chi connectivity index (χ1n) is 7.56. The van der Waals surface area contributed by atoms with Gasteiger partial charge < -0.3 is 9.67 Å². The molecule has 1 aliphatic rings. The first kappa shape index (κ1) is 14.3. The summed E-state index contributed by atoms with van der Waals surface area (Å²) in [7, 11) is 1.98. The minimum atomic E-state index is -0.789. The Labute approximate surface area is 126 Å². The van der Waals surface area contributed by atoms with E-state index in [4.69, 9.17) is 0 Å². The van der Waals surface area contributed by atoms with Gasteiger partial charge in [-0.3, -0.25) is 4.90 Å². The van der Waals surface area contributed by atoms with Crippen LogP contribution in [0.15, 0.2) is 36.5 Å². The van der Waals surface area contributed by atoms with Gasteiger partial charge in [-0.15, -0.1) is 0 Å². The Morgan fingerprint density at radius 2 is 2.05 bits per heavy atom. The quantitative estimate of drug-likeness (QED) is 0.940. The van der Waals surface area contributed by atoms with Gasteiger partial charge in [-0.25, -0.2) is 4.98 Å². The predicted octanol–water partition coefficient (Wildman–Crippen LogP) is 2.21. The maximum absolute atomic E-state index is 11.1. The molecule has 4 heteroatoms. The Morgan fingerprint density at radius 3 is 2.71 bits per heavy atom. The molecule has 1 atom stereocenters. The van der Waals surface area contributed by atoms with Crippen LogP contribution in [0.2, 0.25) is 0 Å². The van der Waals surface area contributed by atoms with Crippen LogP contribution in [0.5, 0.6) is 0 Å². The van der Waals surface area contributed by atoms with Crippen LogP contribution >= 0.6 is 0 Å². The molecule has 0 radical (unpaired) electrons. The number of benzene rings is 1. The fourth-order valence-corrected chi connectivity index (χ4v) is 3.24. The fraction of sp³-hybridized carbons (Fsp3) is 0.471. The normalized spacial score (nSPS) is 23.4. The van der Waals surface area contributed by atoms with Gasteiger partial charge in [-0.05, 0) is 31.9 Å². The standard InChI is InChI=1S/C17H23N3O/c1-14-18-11-16(19(14)2)17(21)9-6-10-20(13-17)12-15-7-4-3-5-8-15/h3-5,7-8,11,21H,6,9-10,12-13H2,1-2H3. The van der Waals surface area contributed by atoms with E-state index in [1.165, 1.54) is 5.56 Å². The number of aliphatic hydroxyl groups is 1. The molecule has 1 aromatic heterocycles. The maximum atomic E-state index is 11.1. The molecular weight excluding hydrogens is 262 g/mol. The van der Waals surface area contributed by atoms with Crippen molar-refractivity contribution in [2.24, 2.45) is 7.05 Å². The number of imidazole rings is 1. The van der Waals surface area contributed by atoms with E-state index in [2.05, 4.69) is 34.1 Å².